The van der Waals surface area contributed by atoms with E-state index in [0.29, 0.717) is 23.4 Å². The van der Waals surface area contributed by atoms with Gasteiger partial charge in [-0.25, -0.2) is 4.79 Å². The topological polar surface area (TPSA) is 91.6 Å². The number of carbonyl (C=O) groups excluding carboxylic acids is 1. The Morgan fingerprint density at radius 1 is 1.19 bits per heavy atom. The van der Waals surface area contributed by atoms with E-state index in [1.165, 1.54) is 6.07 Å². The summed E-state index contributed by atoms with van der Waals surface area (Å²) in [6.07, 6.45) is 3.30. The van der Waals surface area contributed by atoms with Crippen molar-refractivity contribution in [2.75, 3.05) is 5.32 Å². The van der Waals surface area contributed by atoms with Crippen LogP contribution in [0.2, 0.25) is 0 Å². The maximum Gasteiger partial charge on any atom is 0.371 e. The van der Waals surface area contributed by atoms with Gasteiger partial charge in [0.25, 0.3) is 0 Å². The quantitative estimate of drug-likeness (QED) is 0.493. The fraction of sp³-hybridized carbons (Fsp3) is 0.316. The van der Waals surface area contributed by atoms with Crippen LogP contribution in [0.25, 0.3) is 11.3 Å². The number of carboxylic acid groups (broad SMARTS) is 1. The number of thiocarbonyl (C=S) groups is 1. The summed E-state index contributed by atoms with van der Waals surface area (Å²) >= 11 is 5.22. The van der Waals surface area contributed by atoms with Crippen LogP contribution in [0, 0.1) is 6.92 Å². The highest BCUT2D eigenvalue weighted by Gasteiger charge is 2.15. The lowest BCUT2D eigenvalue weighted by atomic mass is 10.1. The lowest BCUT2D eigenvalue weighted by molar-refractivity contribution is -0.119. The van der Waals surface area contributed by atoms with Gasteiger partial charge in [-0.2, -0.15) is 0 Å². The average molecular weight is 374 g/mol. The maximum atomic E-state index is 11.9. The first-order valence-corrected chi connectivity index (χ1v) is 8.86. The second-order valence-corrected chi connectivity index (χ2v) is 6.39. The zero-order valence-corrected chi connectivity index (χ0v) is 15.6. The number of rotatable bonds is 7. The number of nitrogens with one attached hydrogen (secondary N) is 2. The lowest BCUT2D eigenvalue weighted by Gasteiger charge is -2.13. The van der Waals surface area contributed by atoms with Gasteiger partial charge in [-0.05, 0) is 55.4 Å². The number of amides is 1. The van der Waals surface area contributed by atoms with E-state index in [9.17, 15) is 9.59 Å². The van der Waals surface area contributed by atoms with Crippen LogP contribution >= 0.6 is 12.2 Å². The molecular formula is C19H22N2O4S. The van der Waals surface area contributed by atoms with Crippen LogP contribution in [0.5, 0.6) is 0 Å². The summed E-state index contributed by atoms with van der Waals surface area (Å²) in [5.41, 5.74) is 2.28. The first-order valence-electron chi connectivity index (χ1n) is 8.45. The summed E-state index contributed by atoms with van der Waals surface area (Å²) in [5.74, 6) is -0.996. The highest BCUT2D eigenvalue weighted by molar-refractivity contribution is 7.80. The van der Waals surface area contributed by atoms with Crippen molar-refractivity contribution in [2.24, 2.45) is 0 Å². The van der Waals surface area contributed by atoms with Gasteiger partial charge in [0.15, 0.2) is 5.11 Å². The van der Waals surface area contributed by atoms with Gasteiger partial charge in [-0.15, -0.1) is 0 Å². The van der Waals surface area contributed by atoms with E-state index in [4.69, 9.17) is 21.7 Å². The molecule has 138 valence electrons. The smallest absolute Gasteiger partial charge is 0.371 e. The fourth-order valence-corrected chi connectivity index (χ4v) is 2.68. The van der Waals surface area contributed by atoms with Gasteiger partial charge in [0.1, 0.15) is 5.76 Å². The van der Waals surface area contributed by atoms with Gasteiger partial charge in [0, 0.05) is 12.0 Å². The molecule has 1 aromatic heterocycles. The number of aryl methyl sites for hydroxylation is 1. The zero-order valence-electron chi connectivity index (χ0n) is 14.8. The van der Waals surface area contributed by atoms with Crippen LogP contribution in [0.3, 0.4) is 0 Å². The molecule has 1 heterocycles. The molecule has 1 amide bonds. The zero-order chi connectivity index (χ0) is 19.1. The van der Waals surface area contributed by atoms with Crippen LogP contribution in [0.1, 0.15) is 48.7 Å². The van der Waals surface area contributed by atoms with Crippen molar-refractivity contribution in [2.45, 2.75) is 39.5 Å². The third-order valence-corrected chi connectivity index (χ3v) is 3.97. The Bertz CT molecular complexity index is 814. The SMILES string of the molecule is CCCCCC(=O)NC(=S)Nc1cc(C)ccc1-c1ccc(C(=O)O)o1. The Morgan fingerprint density at radius 3 is 2.62 bits per heavy atom. The molecule has 1 aromatic carbocycles. The molecule has 0 aliphatic heterocycles. The molecule has 3 N–H and O–H groups in total. The number of unbranched alkanes of at least 4 members (excludes halogenated alkanes) is 2. The van der Waals surface area contributed by atoms with E-state index in [0.717, 1.165) is 24.8 Å². The summed E-state index contributed by atoms with van der Waals surface area (Å²) in [5, 5.41) is 14.9. The molecular weight excluding hydrogens is 352 g/mol. The second kappa shape index (κ2) is 9.15. The number of furan rings is 1. The maximum absolute atomic E-state index is 11.9. The van der Waals surface area contributed by atoms with Crippen molar-refractivity contribution in [1.82, 2.24) is 5.32 Å². The molecule has 0 unspecified atom stereocenters. The predicted octanol–water partition coefficient (Wildman–Crippen LogP) is 4.35. The molecule has 0 atom stereocenters. The molecule has 0 saturated heterocycles. The fourth-order valence-electron chi connectivity index (χ4n) is 2.45. The van der Waals surface area contributed by atoms with Gasteiger partial charge >= 0.3 is 5.97 Å². The van der Waals surface area contributed by atoms with Gasteiger partial charge in [-0.3, -0.25) is 4.79 Å². The van der Waals surface area contributed by atoms with Crippen molar-refractivity contribution < 1.29 is 19.1 Å². The molecule has 2 aromatic rings. The summed E-state index contributed by atoms with van der Waals surface area (Å²) in [6.45, 7) is 4.00. The van der Waals surface area contributed by atoms with E-state index in [1.54, 1.807) is 6.07 Å². The number of hydrogen-bond acceptors (Lipinski definition) is 4. The summed E-state index contributed by atoms with van der Waals surface area (Å²) in [6, 6.07) is 8.54. The van der Waals surface area contributed by atoms with Crippen LogP contribution in [-0.2, 0) is 4.79 Å². The Labute approximate surface area is 157 Å². The van der Waals surface area contributed by atoms with Crippen LogP contribution in [0.15, 0.2) is 34.7 Å². The number of anilines is 1. The molecule has 0 bridgehead atoms. The second-order valence-electron chi connectivity index (χ2n) is 5.98. The van der Waals surface area contributed by atoms with E-state index in [-0.39, 0.29) is 16.8 Å². The predicted molar refractivity (Wildman–Crippen MR) is 104 cm³/mol. The minimum atomic E-state index is -1.13. The standard InChI is InChI=1S/C19H22N2O4S/c1-3-4-5-6-17(22)21-19(26)20-14-11-12(2)7-8-13(14)15-9-10-16(25-15)18(23)24/h7-11H,3-6H2,1-2H3,(H,23,24)(H2,20,21,22,26). The lowest BCUT2D eigenvalue weighted by Crippen LogP contribution is -2.34. The molecule has 0 aliphatic carbocycles. The summed E-state index contributed by atoms with van der Waals surface area (Å²) in [7, 11) is 0. The monoisotopic (exact) mass is 374 g/mol. The minimum absolute atomic E-state index is 0.128. The van der Waals surface area contributed by atoms with Crippen molar-refractivity contribution in [3.05, 3.63) is 41.7 Å². The normalized spacial score (nSPS) is 10.4. The number of benzene rings is 1. The van der Waals surface area contributed by atoms with Crippen LogP contribution < -0.4 is 10.6 Å². The Balaban J connectivity index is 2.13. The molecule has 7 heteroatoms. The number of carboxylic acids is 1. The minimum Gasteiger partial charge on any atom is -0.475 e. The van der Waals surface area contributed by atoms with Gasteiger partial charge in [0.05, 0.1) is 5.69 Å². The highest BCUT2D eigenvalue weighted by atomic mass is 32.1. The molecule has 6 nitrogen and oxygen atoms in total. The first-order chi connectivity index (χ1) is 12.4. The van der Waals surface area contributed by atoms with Crippen molar-refractivity contribution in [3.63, 3.8) is 0 Å². The summed E-state index contributed by atoms with van der Waals surface area (Å²) < 4.78 is 5.37. The van der Waals surface area contributed by atoms with Crippen molar-refractivity contribution in [1.29, 1.82) is 0 Å². The van der Waals surface area contributed by atoms with E-state index >= 15 is 0 Å². The van der Waals surface area contributed by atoms with Crippen molar-refractivity contribution >= 4 is 34.9 Å². The molecule has 0 aliphatic rings. The van der Waals surface area contributed by atoms with Gasteiger partial charge < -0.3 is 20.2 Å². The Hall–Kier alpha value is -2.67. The number of carbonyl (C=O) groups is 2. The van der Waals surface area contributed by atoms with E-state index in [2.05, 4.69) is 17.6 Å². The van der Waals surface area contributed by atoms with Gasteiger partial charge in [-0.1, -0.05) is 25.8 Å². The van der Waals surface area contributed by atoms with Crippen LogP contribution in [-0.4, -0.2) is 22.1 Å². The van der Waals surface area contributed by atoms with E-state index in [1.807, 2.05) is 25.1 Å². The number of hydrogen-bond donors (Lipinski definition) is 3. The van der Waals surface area contributed by atoms with Gasteiger partial charge in [0.2, 0.25) is 11.7 Å². The molecule has 0 radical (unpaired) electrons. The average Bonchev–Trinajstić information content (AvgIpc) is 3.05. The largest absolute Gasteiger partial charge is 0.475 e. The molecule has 26 heavy (non-hydrogen) atoms. The molecule has 0 fully saturated rings. The third-order valence-electron chi connectivity index (χ3n) is 3.77. The summed E-state index contributed by atoms with van der Waals surface area (Å²) in [4.78, 5) is 22.9. The number of aromatic carboxylic acids is 1. The Morgan fingerprint density at radius 2 is 1.96 bits per heavy atom. The molecule has 0 spiro atoms. The molecule has 0 saturated carbocycles. The van der Waals surface area contributed by atoms with Crippen LogP contribution in [0.4, 0.5) is 5.69 Å². The van der Waals surface area contributed by atoms with Crippen molar-refractivity contribution in [3.8, 4) is 11.3 Å². The molecule has 2 rings (SSSR count). The Kier molecular flexibility index (Phi) is 6.91. The first kappa shape index (κ1) is 19.7. The third kappa shape index (κ3) is 5.42. The highest BCUT2D eigenvalue weighted by Crippen LogP contribution is 2.30. The van der Waals surface area contributed by atoms with E-state index < -0.39 is 5.97 Å².